The van der Waals surface area contributed by atoms with Crippen molar-refractivity contribution in [3.8, 4) is 0 Å². The summed E-state index contributed by atoms with van der Waals surface area (Å²) in [4.78, 5) is 11.3. The first-order valence-corrected chi connectivity index (χ1v) is 8.30. The number of aryl methyl sites for hydroxylation is 3. The quantitative estimate of drug-likeness (QED) is 0.679. The Morgan fingerprint density at radius 2 is 1.92 bits per heavy atom. The Balaban J connectivity index is 2.18. The first kappa shape index (κ1) is 16.9. The molecule has 0 unspecified atom stereocenters. The zero-order valence-corrected chi connectivity index (χ0v) is 15.2. The summed E-state index contributed by atoms with van der Waals surface area (Å²) < 4.78 is 2.08. The molecule has 0 aliphatic rings. The third-order valence-electron chi connectivity index (χ3n) is 4.29. The number of aromatic carboxylic acids is 1. The van der Waals surface area contributed by atoms with Crippen LogP contribution in [0.1, 0.15) is 32.6 Å². The highest BCUT2D eigenvalue weighted by Crippen LogP contribution is 2.34. The highest BCUT2D eigenvalue weighted by Gasteiger charge is 2.18. The van der Waals surface area contributed by atoms with E-state index >= 15 is 0 Å². The van der Waals surface area contributed by atoms with Crippen LogP contribution in [0, 0.1) is 13.8 Å². The minimum atomic E-state index is -1.05. The van der Waals surface area contributed by atoms with Gasteiger partial charge in [0.25, 0.3) is 0 Å². The Morgan fingerprint density at radius 3 is 2.58 bits per heavy atom. The van der Waals surface area contributed by atoms with Gasteiger partial charge >= 0.3 is 5.97 Å². The van der Waals surface area contributed by atoms with Gasteiger partial charge in [0.2, 0.25) is 0 Å². The zero-order chi connectivity index (χ0) is 17.6. The molecule has 1 aromatic heterocycles. The summed E-state index contributed by atoms with van der Waals surface area (Å²) in [5, 5.41) is 11.1. The minimum absolute atomic E-state index is 0.0730. The number of carboxylic acids is 1. The Bertz CT molecular complexity index is 973. The average molecular weight is 362 g/mol. The summed E-state index contributed by atoms with van der Waals surface area (Å²) in [5.41, 5.74) is 5.33. The lowest BCUT2D eigenvalue weighted by molar-refractivity contribution is 0.0697. The number of carbonyl (C=O) groups is 1. The van der Waals surface area contributed by atoms with Crippen LogP contribution in [-0.2, 0) is 13.5 Å². The van der Waals surface area contributed by atoms with E-state index in [1.807, 2.05) is 7.05 Å². The van der Waals surface area contributed by atoms with Crippen LogP contribution < -0.4 is 0 Å². The fourth-order valence-corrected chi connectivity index (χ4v) is 3.84. The molecule has 0 atom stereocenters. The van der Waals surface area contributed by atoms with Crippen molar-refractivity contribution < 1.29 is 9.90 Å². The number of hydrogen-bond acceptors (Lipinski definition) is 1. The van der Waals surface area contributed by atoms with E-state index in [2.05, 4.69) is 36.7 Å². The fourth-order valence-electron chi connectivity index (χ4n) is 3.26. The Labute approximate surface area is 150 Å². The van der Waals surface area contributed by atoms with Crippen LogP contribution in [0.3, 0.4) is 0 Å². The smallest absolute Gasteiger partial charge is 0.337 e. The predicted octanol–water partition coefficient (Wildman–Crippen LogP) is 5.39. The van der Waals surface area contributed by atoms with E-state index in [9.17, 15) is 9.90 Å². The number of carboxylic acid groups (broad SMARTS) is 1. The summed E-state index contributed by atoms with van der Waals surface area (Å²) >= 11 is 12.6. The highest BCUT2D eigenvalue weighted by molar-refractivity contribution is 6.38. The molecular weight excluding hydrogens is 345 g/mol. The molecule has 1 N–H and O–H groups in total. The Hall–Kier alpha value is -1.97. The largest absolute Gasteiger partial charge is 0.478 e. The molecular formula is C19H17Cl2NO2. The molecule has 24 heavy (non-hydrogen) atoms. The van der Waals surface area contributed by atoms with Crippen LogP contribution in [0.4, 0.5) is 0 Å². The molecule has 0 fully saturated rings. The van der Waals surface area contributed by atoms with Gasteiger partial charge in [-0.1, -0.05) is 29.3 Å². The topological polar surface area (TPSA) is 42.2 Å². The molecule has 0 bridgehead atoms. The molecule has 0 aliphatic carbocycles. The summed E-state index contributed by atoms with van der Waals surface area (Å²) in [5.74, 6) is -1.05. The second-order valence-electron chi connectivity index (χ2n) is 6.11. The molecule has 3 aromatic rings. The summed E-state index contributed by atoms with van der Waals surface area (Å²) in [6.07, 6.45) is 2.54. The number of benzene rings is 2. The fraction of sp³-hybridized carbons (Fsp3) is 0.211. The highest BCUT2D eigenvalue weighted by atomic mass is 35.5. The van der Waals surface area contributed by atoms with Crippen LogP contribution in [0.5, 0.6) is 0 Å². The molecule has 124 valence electrons. The van der Waals surface area contributed by atoms with Gasteiger partial charge in [0.1, 0.15) is 0 Å². The second kappa shape index (κ2) is 6.15. The van der Waals surface area contributed by atoms with Crippen LogP contribution in [0.15, 0.2) is 30.5 Å². The van der Waals surface area contributed by atoms with Gasteiger partial charge in [-0.05, 0) is 54.3 Å². The van der Waals surface area contributed by atoms with E-state index in [4.69, 9.17) is 23.2 Å². The third-order valence-corrected chi connectivity index (χ3v) is 5.08. The molecule has 0 amide bonds. The number of hydrogen-bond donors (Lipinski definition) is 1. The molecule has 1 heterocycles. The third kappa shape index (κ3) is 2.79. The molecule has 3 nitrogen and oxygen atoms in total. The SMILES string of the molecule is Cc1cc(C)c2c(Cc3c(Cl)ccc(C(=O)O)c3Cl)cn(C)c2c1. The summed E-state index contributed by atoms with van der Waals surface area (Å²) in [6.45, 7) is 4.15. The van der Waals surface area contributed by atoms with E-state index in [0.717, 1.165) is 16.5 Å². The Morgan fingerprint density at radius 1 is 1.21 bits per heavy atom. The van der Waals surface area contributed by atoms with E-state index in [1.54, 1.807) is 6.07 Å². The van der Waals surface area contributed by atoms with Crippen molar-refractivity contribution in [1.82, 2.24) is 4.57 Å². The van der Waals surface area contributed by atoms with Gasteiger partial charge in [-0.25, -0.2) is 4.79 Å². The van der Waals surface area contributed by atoms with Crippen molar-refractivity contribution in [1.29, 1.82) is 0 Å². The average Bonchev–Trinajstić information content (AvgIpc) is 2.79. The number of halogens is 2. The van der Waals surface area contributed by atoms with E-state index in [1.165, 1.54) is 17.2 Å². The molecule has 0 aliphatic heterocycles. The maximum Gasteiger partial charge on any atom is 0.337 e. The van der Waals surface area contributed by atoms with Gasteiger partial charge in [0.05, 0.1) is 10.6 Å². The van der Waals surface area contributed by atoms with Crippen molar-refractivity contribution >= 4 is 40.1 Å². The van der Waals surface area contributed by atoms with Crippen molar-refractivity contribution in [2.24, 2.45) is 7.05 Å². The zero-order valence-electron chi connectivity index (χ0n) is 13.7. The van der Waals surface area contributed by atoms with Crippen molar-refractivity contribution in [3.63, 3.8) is 0 Å². The predicted molar refractivity (Wildman–Crippen MR) is 98.6 cm³/mol. The van der Waals surface area contributed by atoms with Gasteiger partial charge in [-0.3, -0.25) is 0 Å². The standard InChI is InChI=1S/C19H17Cl2NO2/c1-10-6-11(2)17-12(9-22(3)16(17)7-10)8-14-15(20)5-4-13(18(14)21)19(23)24/h4-7,9H,8H2,1-3H3,(H,23,24). The van der Waals surface area contributed by atoms with E-state index in [-0.39, 0.29) is 10.6 Å². The summed E-state index contributed by atoms with van der Waals surface area (Å²) in [7, 11) is 2.00. The van der Waals surface area contributed by atoms with Gasteiger partial charge < -0.3 is 9.67 Å². The van der Waals surface area contributed by atoms with Crippen molar-refractivity contribution in [2.45, 2.75) is 20.3 Å². The first-order chi connectivity index (χ1) is 11.3. The van der Waals surface area contributed by atoms with Crippen LogP contribution in [-0.4, -0.2) is 15.6 Å². The monoisotopic (exact) mass is 361 g/mol. The Kier molecular flexibility index (Phi) is 4.33. The second-order valence-corrected chi connectivity index (χ2v) is 6.90. The van der Waals surface area contributed by atoms with Crippen LogP contribution >= 0.6 is 23.2 Å². The summed E-state index contributed by atoms with van der Waals surface area (Å²) in [6, 6.07) is 7.31. The lowest BCUT2D eigenvalue weighted by atomic mass is 9.98. The van der Waals surface area contributed by atoms with E-state index in [0.29, 0.717) is 17.0 Å². The maximum atomic E-state index is 11.3. The van der Waals surface area contributed by atoms with Crippen molar-refractivity contribution in [3.05, 3.63) is 68.3 Å². The number of fused-ring (bicyclic) bond motifs is 1. The molecule has 0 radical (unpaired) electrons. The lowest BCUT2D eigenvalue weighted by Crippen LogP contribution is -2.01. The first-order valence-electron chi connectivity index (χ1n) is 7.55. The molecule has 2 aromatic carbocycles. The van der Waals surface area contributed by atoms with Crippen LogP contribution in [0.25, 0.3) is 10.9 Å². The molecule has 0 spiro atoms. The maximum absolute atomic E-state index is 11.3. The van der Waals surface area contributed by atoms with Crippen molar-refractivity contribution in [2.75, 3.05) is 0 Å². The molecule has 3 rings (SSSR count). The number of aromatic nitrogens is 1. The van der Waals surface area contributed by atoms with E-state index < -0.39 is 5.97 Å². The molecule has 0 saturated carbocycles. The van der Waals surface area contributed by atoms with Gasteiger partial charge in [-0.2, -0.15) is 0 Å². The molecule has 0 saturated heterocycles. The van der Waals surface area contributed by atoms with Gasteiger partial charge in [0.15, 0.2) is 0 Å². The molecule has 5 heteroatoms. The number of rotatable bonds is 3. The van der Waals surface area contributed by atoms with Gasteiger partial charge in [-0.15, -0.1) is 0 Å². The van der Waals surface area contributed by atoms with Gasteiger partial charge in [0, 0.05) is 35.6 Å². The number of nitrogens with zero attached hydrogens (tertiary/aromatic N) is 1. The van der Waals surface area contributed by atoms with Crippen LogP contribution in [0.2, 0.25) is 10.0 Å². The normalized spacial score (nSPS) is 11.2. The minimum Gasteiger partial charge on any atom is -0.478 e. The lowest BCUT2D eigenvalue weighted by Gasteiger charge is -2.10.